The van der Waals surface area contributed by atoms with Crippen LogP contribution in [0.1, 0.15) is 31.0 Å². The van der Waals surface area contributed by atoms with Gasteiger partial charge >= 0.3 is 0 Å². The molecular formula is C9H16Cl2N2. The summed E-state index contributed by atoms with van der Waals surface area (Å²) in [6.07, 6.45) is 1.82. The van der Waals surface area contributed by atoms with Crippen LogP contribution in [0.25, 0.3) is 0 Å². The quantitative estimate of drug-likeness (QED) is 0.836. The fourth-order valence-electron chi connectivity index (χ4n) is 0.937. The summed E-state index contributed by atoms with van der Waals surface area (Å²) in [6, 6.07) is 4.01. The lowest BCUT2D eigenvalue weighted by Crippen LogP contribution is -1.99. The predicted octanol–water partition coefficient (Wildman–Crippen LogP) is 2.51. The minimum absolute atomic E-state index is 0. The Morgan fingerprint density at radius 3 is 2.46 bits per heavy atom. The van der Waals surface area contributed by atoms with Crippen LogP contribution < -0.4 is 5.73 Å². The fourth-order valence-corrected chi connectivity index (χ4v) is 0.937. The molecule has 2 N–H and O–H groups in total. The average Bonchev–Trinajstić information content (AvgIpc) is 2.05. The number of nitrogens with two attached hydrogens (primary N) is 1. The fraction of sp³-hybridized carbons (Fsp3) is 0.444. The van der Waals surface area contributed by atoms with Crippen molar-refractivity contribution in [3.8, 4) is 0 Å². The predicted molar refractivity (Wildman–Crippen MR) is 60.7 cm³/mol. The Labute approximate surface area is 91.8 Å². The molecule has 0 spiro atoms. The molecule has 0 fully saturated rings. The van der Waals surface area contributed by atoms with Gasteiger partial charge in [0.1, 0.15) is 0 Å². The van der Waals surface area contributed by atoms with Gasteiger partial charge in [-0.25, -0.2) is 0 Å². The zero-order chi connectivity index (χ0) is 8.27. The highest BCUT2D eigenvalue weighted by molar-refractivity contribution is 5.85. The van der Waals surface area contributed by atoms with Crippen molar-refractivity contribution in [1.29, 1.82) is 0 Å². The minimum atomic E-state index is 0. The molecule has 0 aromatic carbocycles. The van der Waals surface area contributed by atoms with Gasteiger partial charge in [-0.05, 0) is 23.6 Å². The van der Waals surface area contributed by atoms with E-state index in [9.17, 15) is 0 Å². The Kier molecular flexibility index (Phi) is 8.32. The van der Waals surface area contributed by atoms with Crippen molar-refractivity contribution in [1.82, 2.24) is 4.98 Å². The third kappa shape index (κ3) is 4.46. The molecule has 1 aromatic rings. The average molecular weight is 223 g/mol. The van der Waals surface area contributed by atoms with Gasteiger partial charge in [0, 0.05) is 18.4 Å². The highest BCUT2D eigenvalue weighted by atomic mass is 35.5. The number of hydrogen-bond acceptors (Lipinski definition) is 2. The number of hydrogen-bond donors (Lipinski definition) is 1. The zero-order valence-corrected chi connectivity index (χ0v) is 9.49. The SMILES string of the molecule is CC(C)c1cc(CN)ccn1.Cl.Cl. The molecule has 0 atom stereocenters. The molecule has 0 radical (unpaired) electrons. The molecule has 2 nitrogen and oxygen atoms in total. The first-order valence-electron chi connectivity index (χ1n) is 3.89. The van der Waals surface area contributed by atoms with Crippen molar-refractivity contribution in [3.05, 3.63) is 29.6 Å². The summed E-state index contributed by atoms with van der Waals surface area (Å²) in [5.41, 5.74) is 7.77. The molecule has 0 aliphatic carbocycles. The standard InChI is InChI=1S/C9H14N2.2ClH/c1-7(2)9-5-8(6-10)3-4-11-9;;/h3-5,7H,6,10H2,1-2H3;2*1H. The molecule has 0 saturated heterocycles. The van der Waals surface area contributed by atoms with Crippen LogP contribution in [0.3, 0.4) is 0 Å². The summed E-state index contributed by atoms with van der Waals surface area (Å²) >= 11 is 0. The van der Waals surface area contributed by atoms with E-state index < -0.39 is 0 Å². The Bertz CT molecular complexity index is 239. The Hall–Kier alpha value is -0.310. The maximum absolute atomic E-state index is 5.49. The molecule has 0 bridgehead atoms. The van der Waals surface area contributed by atoms with Crippen LogP contribution in [0, 0.1) is 0 Å². The van der Waals surface area contributed by atoms with Gasteiger partial charge < -0.3 is 5.73 Å². The maximum Gasteiger partial charge on any atom is 0.0432 e. The molecule has 0 unspecified atom stereocenters. The third-order valence-corrected chi connectivity index (χ3v) is 1.67. The molecule has 1 rings (SSSR count). The van der Waals surface area contributed by atoms with Gasteiger partial charge in [0.15, 0.2) is 0 Å². The molecule has 76 valence electrons. The minimum Gasteiger partial charge on any atom is -0.326 e. The van der Waals surface area contributed by atoms with E-state index in [2.05, 4.69) is 24.9 Å². The summed E-state index contributed by atoms with van der Waals surface area (Å²) in [5, 5.41) is 0. The Morgan fingerprint density at radius 1 is 1.38 bits per heavy atom. The summed E-state index contributed by atoms with van der Waals surface area (Å²) in [6.45, 7) is 4.85. The lowest BCUT2D eigenvalue weighted by molar-refractivity contribution is 0.816. The molecule has 0 amide bonds. The van der Waals surface area contributed by atoms with Gasteiger partial charge in [0.2, 0.25) is 0 Å². The van der Waals surface area contributed by atoms with Crippen molar-refractivity contribution in [2.24, 2.45) is 5.73 Å². The highest BCUT2D eigenvalue weighted by Gasteiger charge is 1.99. The van der Waals surface area contributed by atoms with Crippen LogP contribution in [0.4, 0.5) is 0 Å². The summed E-state index contributed by atoms with van der Waals surface area (Å²) in [4.78, 5) is 4.23. The van der Waals surface area contributed by atoms with Crippen LogP contribution >= 0.6 is 24.8 Å². The number of halogens is 2. The molecule has 4 heteroatoms. The van der Waals surface area contributed by atoms with Crippen molar-refractivity contribution < 1.29 is 0 Å². The van der Waals surface area contributed by atoms with Gasteiger partial charge in [-0.2, -0.15) is 0 Å². The van der Waals surface area contributed by atoms with E-state index in [0.717, 1.165) is 11.3 Å². The van der Waals surface area contributed by atoms with Gasteiger partial charge in [0.05, 0.1) is 0 Å². The first kappa shape index (κ1) is 15.2. The normalized spacial score (nSPS) is 8.92. The second-order valence-corrected chi connectivity index (χ2v) is 2.95. The van der Waals surface area contributed by atoms with Gasteiger partial charge in [-0.15, -0.1) is 24.8 Å². The Morgan fingerprint density at radius 2 is 2.00 bits per heavy atom. The molecule has 0 saturated carbocycles. The van der Waals surface area contributed by atoms with Crippen molar-refractivity contribution in [2.75, 3.05) is 0 Å². The third-order valence-electron chi connectivity index (χ3n) is 1.67. The van der Waals surface area contributed by atoms with Gasteiger partial charge in [-0.1, -0.05) is 13.8 Å². The molecule has 1 heterocycles. The number of aromatic nitrogens is 1. The zero-order valence-electron chi connectivity index (χ0n) is 7.86. The molecule has 1 aromatic heterocycles. The first-order valence-corrected chi connectivity index (χ1v) is 3.89. The second-order valence-electron chi connectivity index (χ2n) is 2.95. The van der Waals surface area contributed by atoms with Crippen molar-refractivity contribution in [3.63, 3.8) is 0 Å². The van der Waals surface area contributed by atoms with Gasteiger partial charge in [-0.3, -0.25) is 4.98 Å². The van der Waals surface area contributed by atoms with E-state index in [1.54, 1.807) is 0 Å². The summed E-state index contributed by atoms with van der Waals surface area (Å²) in [7, 11) is 0. The molecule has 0 aliphatic heterocycles. The van der Waals surface area contributed by atoms with E-state index in [1.807, 2.05) is 12.3 Å². The number of nitrogens with zero attached hydrogens (tertiary/aromatic N) is 1. The molecule has 0 aliphatic rings. The molecule has 13 heavy (non-hydrogen) atoms. The monoisotopic (exact) mass is 222 g/mol. The number of rotatable bonds is 2. The topological polar surface area (TPSA) is 38.9 Å². The second kappa shape index (κ2) is 7.13. The molecular weight excluding hydrogens is 207 g/mol. The van der Waals surface area contributed by atoms with E-state index in [-0.39, 0.29) is 24.8 Å². The highest BCUT2D eigenvalue weighted by Crippen LogP contribution is 2.11. The van der Waals surface area contributed by atoms with Gasteiger partial charge in [0.25, 0.3) is 0 Å². The van der Waals surface area contributed by atoms with E-state index in [0.29, 0.717) is 12.5 Å². The van der Waals surface area contributed by atoms with Crippen LogP contribution in [0.2, 0.25) is 0 Å². The lowest BCUT2D eigenvalue weighted by Gasteiger charge is -2.04. The maximum atomic E-state index is 5.49. The van der Waals surface area contributed by atoms with Crippen molar-refractivity contribution >= 4 is 24.8 Å². The lowest BCUT2D eigenvalue weighted by atomic mass is 10.1. The van der Waals surface area contributed by atoms with Crippen LogP contribution in [0.5, 0.6) is 0 Å². The van der Waals surface area contributed by atoms with Crippen LogP contribution in [-0.4, -0.2) is 4.98 Å². The Balaban J connectivity index is 0. The summed E-state index contributed by atoms with van der Waals surface area (Å²) in [5.74, 6) is 0.487. The summed E-state index contributed by atoms with van der Waals surface area (Å²) < 4.78 is 0. The first-order chi connectivity index (χ1) is 5.24. The van der Waals surface area contributed by atoms with Crippen LogP contribution in [-0.2, 0) is 6.54 Å². The largest absolute Gasteiger partial charge is 0.326 e. The van der Waals surface area contributed by atoms with E-state index >= 15 is 0 Å². The number of pyridine rings is 1. The smallest absolute Gasteiger partial charge is 0.0432 e. The van der Waals surface area contributed by atoms with E-state index in [1.165, 1.54) is 0 Å². The van der Waals surface area contributed by atoms with Crippen LogP contribution in [0.15, 0.2) is 18.3 Å². The van der Waals surface area contributed by atoms with Crippen molar-refractivity contribution in [2.45, 2.75) is 26.3 Å². The van der Waals surface area contributed by atoms with E-state index in [4.69, 9.17) is 5.73 Å².